The summed E-state index contributed by atoms with van der Waals surface area (Å²) >= 11 is 0. The normalized spacial score (nSPS) is 10.4. The van der Waals surface area contributed by atoms with Crippen LogP contribution in [0.2, 0.25) is 0 Å². The maximum Gasteiger partial charge on any atom is 0.237 e. The minimum absolute atomic E-state index is 0.333. The second-order valence-electron chi connectivity index (χ2n) is 3.33. The molecule has 2 N–H and O–H groups in total. The number of ether oxygens (including phenoxy) is 2. The standard InChI is InChI=1S/C11H19N3O2/c1-2-3-6-15-7-8-16-11-10(9-12)13-4-5-14-11/h4-5H,2-3,6-9,12H2,1H3. The fourth-order valence-electron chi connectivity index (χ4n) is 1.16. The quantitative estimate of drug-likeness (QED) is 0.671. The monoisotopic (exact) mass is 225 g/mol. The summed E-state index contributed by atoms with van der Waals surface area (Å²) in [6.45, 7) is 4.30. The second-order valence-corrected chi connectivity index (χ2v) is 3.33. The van der Waals surface area contributed by atoms with Gasteiger partial charge in [0.2, 0.25) is 5.88 Å². The number of aromatic nitrogens is 2. The SMILES string of the molecule is CCCCOCCOc1nccnc1CN. The highest BCUT2D eigenvalue weighted by Crippen LogP contribution is 2.09. The molecule has 0 amide bonds. The Bertz CT molecular complexity index is 294. The Morgan fingerprint density at radius 3 is 2.75 bits per heavy atom. The first-order chi connectivity index (χ1) is 7.88. The van der Waals surface area contributed by atoms with Crippen molar-refractivity contribution >= 4 is 0 Å². The molecule has 90 valence electrons. The summed E-state index contributed by atoms with van der Waals surface area (Å²) in [5, 5.41) is 0. The van der Waals surface area contributed by atoms with Crippen LogP contribution < -0.4 is 10.5 Å². The lowest BCUT2D eigenvalue weighted by atomic mass is 10.4. The van der Waals surface area contributed by atoms with Gasteiger partial charge in [-0.2, -0.15) is 0 Å². The molecule has 5 heteroatoms. The van der Waals surface area contributed by atoms with Crippen LogP contribution in [0.1, 0.15) is 25.5 Å². The molecule has 1 aromatic heterocycles. The van der Waals surface area contributed by atoms with Gasteiger partial charge in [0.1, 0.15) is 12.3 Å². The van der Waals surface area contributed by atoms with Crippen LogP contribution in [0.25, 0.3) is 0 Å². The van der Waals surface area contributed by atoms with Crippen LogP contribution >= 0.6 is 0 Å². The summed E-state index contributed by atoms with van der Waals surface area (Å²) < 4.78 is 10.8. The van der Waals surface area contributed by atoms with Crippen molar-refractivity contribution in [2.45, 2.75) is 26.3 Å². The third-order valence-corrected chi connectivity index (χ3v) is 2.04. The Labute approximate surface area is 96.0 Å². The first kappa shape index (κ1) is 12.9. The zero-order valence-corrected chi connectivity index (χ0v) is 9.69. The first-order valence-electron chi connectivity index (χ1n) is 5.59. The lowest BCUT2D eigenvalue weighted by molar-refractivity contribution is 0.0959. The van der Waals surface area contributed by atoms with Crippen LogP contribution in [0, 0.1) is 0 Å². The van der Waals surface area contributed by atoms with Crippen molar-refractivity contribution in [1.29, 1.82) is 0 Å². The van der Waals surface area contributed by atoms with Gasteiger partial charge in [0, 0.05) is 25.5 Å². The van der Waals surface area contributed by atoms with Gasteiger partial charge in [-0.15, -0.1) is 0 Å². The number of hydrogen-bond donors (Lipinski definition) is 1. The summed E-state index contributed by atoms with van der Waals surface area (Å²) in [6.07, 6.45) is 5.42. The largest absolute Gasteiger partial charge is 0.474 e. The summed E-state index contributed by atoms with van der Waals surface area (Å²) in [7, 11) is 0. The molecule has 0 radical (unpaired) electrons. The first-order valence-corrected chi connectivity index (χ1v) is 5.59. The number of rotatable bonds is 8. The van der Waals surface area contributed by atoms with Crippen LogP contribution in [0.3, 0.4) is 0 Å². The molecule has 1 rings (SSSR count). The van der Waals surface area contributed by atoms with E-state index in [1.54, 1.807) is 12.4 Å². The lowest BCUT2D eigenvalue weighted by Crippen LogP contribution is -2.11. The molecule has 0 aliphatic rings. The zero-order valence-electron chi connectivity index (χ0n) is 9.69. The number of nitrogens with two attached hydrogens (primary N) is 1. The van der Waals surface area contributed by atoms with Gasteiger partial charge < -0.3 is 15.2 Å². The maximum atomic E-state index is 5.51. The smallest absolute Gasteiger partial charge is 0.237 e. The second kappa shape index (κ2) is 8.01. The van der Waals surface area contributed by atoms with Crippen molar-refractivity contribution in [3.05, 3.63) is 18.1 Å². The fraction of sp³-hybridized carbons (Fsp3) is 0.636. The van der Waals surface area contributed by atoms with Gasteiger partial charge in [-0.25, -0.2) is 4.98 Å². The van der Waals surface area contributed by atoms with Gasteiger partial charge in [0.05, 0.1) is 6.61 Å². The third kappa shape index (κ3) is 4.55. The average Bonchev–Trinajstić information content (AvgIpc) is 2.34. The summed E-state index contributed by atoms with van der Waals surface area (Å²) in [6, 6.07) is 0. The molecule has 1 aromatic rings. The lowest BCUT2D eigenvalue weighted by Gasteiger charge is -2.08. The molecular formula is C11H19N3O2. The van der Waals surface area contributed by atoms with Crippen molar-refractivity contribution in [3.8, 4) is 5.88 Å². The van der Waals surface area contributed by atoms with E-state index in [1.165, 1.54) is 0 Å². The Kier molecular flexibility index (Phi) is 6.44. The minimum atomic E-state index is 0.333. The molecule has 5 nitrogen and oxygen atoms in total. The van der Waals surface area contributed by atoms with E-state index in [-0.39, 0.29) is 0 Å². The molecule has 1 heterocycles. The highest BCUT2D eigenvalue weighted by atomic mass is 16.5. The van der Waals surface area contributed by atoms with Crippen LogP contribution in [0.4, 0.5) is 0 Å². The third-order valence-electron chi connectivity index (χ3n) is 2.04. The van der Waals surface area contributed by atoms with E-state index >= 15 is 0 Å². The van der Waals surface area contributed by atoms with Crippen LogP contribution in [0.15, 0.2) is 12.4 Å². The van der Waals surface area contributed by atoms with Crippen molar-refractivity contribution in [2.24, 2.45) is 5.73 Å². The topological polar surface area (TPSA) is 70.3 Å². The molecule has 0 spiro atoms. The van der Waals surface area contributed by atoms with Crippen molar-refractivity contribution in [3.63, 3.8) is 0 Å². The number of unbranched alkanes of at least 4 members (excludes halogenated alkanes) is 1. The molecule has 0 bridgehead atoms. The summed E-state index contributed by atoms with van der Waals surface area (Å²) in [5.41, 5.74) is 6.18. The van der Waals surface area contributed by atoms with E-state index in [1.807, 2.05) is 0 Å². The average molecular weight is 225 g/mol. The molecule has 0 fully saturated rings. The molecule has 0 aliphatic carbocycles. The zero-order chi connectivity index (χ0) is 11.6. The Morgan fingerprint density at radius 1 is 1.19 bits per heavy atom. The van der Waals surface area contributed by atoms with Crippen LogP contribution in [-0.2, 0) is 11.3 Å². The highest BCUT2D eigenvalue weighted by molar-refractivity contribution is 5.16. The van der Waals surface area contributed by atoms with Gasteiger partial charge in [0.25, 0.3) is 0 Å². The molecule has 16 heavy (non-hydrogen) atoms. The molecular weight excluding hydrogens is 206 g/mol. The van der Waals surface area contributed by atoms with E-state index in [0.29, 0.717) is 31.3 Å². The van der Waals surface area contributed by atoms with Gasteiger partial charge in [-0.05, 0) is 6.42 Å². The maximum absolute atomic E-state index is 5.51. The minimum Gasteiger partial charge on any atom is -0.474 e. The molecule has 0 saturated heterocycles. The van der Waals surface area contributed by atoms with Crippen LogP contribution in [-0.4, -0.2) is 29.8 Å². The van der Waals surface area contributed by atoms with Gasteiger partial charge in [0.15, 0.2) is 0 Å². The summed E-state index contributed by atoms with van der Waals surface area (Å²) in [5.74, 6) is 0.504. The predicted octanol–water partition coefficient (Wildman–Crippen LogP) is 1.13. The van der Waals surface area contributed by atoms with Gasteiger partial charge in [-0.3, -0.25) is 4.98 Å². The fourth-order valence-corrected chi connectivity index (χ4v) is 1.16. The molecule has 0 aliphatic heterocycles. The van der Waals surface area contributed by atoms with E-state index in [0.717, 1.165) is 19.4 Å². The molecule has 0 saturated carbocycles. The molecule has 0 unspecified atom stereocenters. The Hall–Kier alpha value is -1.20. The Balaban J connectivity index is 2.21. The van der Waals surface area contributed by atoms with E-state index < -0.39 is 0 Å². The van der Waals surface area contributed by atoms with Gasteiger partial charge >= 0.3 is 0 Å². The predicted molar refractivity (Wildman–Crippen MR) is 61.1 cm³/mol. The van der Waals surface area contributed by atoms with E-state index in [9.17, 15) is 0 Å². The van der Waals surface area contributed by atoms with Crippen molar-refractivity contribution < 1.29 is 9.47 Å². The van der Waals surface area contributed by atoms with Gasteiger partial charge in [-0.1, -0.05) is 13.3 Å². The number of nitrogens with zero attached hydrogens (tertiary/aromatic N) is 2. The number of hydrogen-bond acceptors (Lipinski definition) is 5. The molecule has 0 atom stereocenters. The highest BCUT2D eigenvalue weighted by Gasteiger charge is 2.03. The van der Waals surface area contributed by atoms with Crippen molar-refractivity contribution in [1.82, 2.24) is 9.97 Å². The van der Waals surface area contributed by atoms with E-state index in [4.69, 9.17) is 15.2 Å². The molecule has 0 aromatic carbocycles. The van der Waals surface area contributed by atoms with Crippen molar-refractivity contribution in [2.75, 3.05) is 19.8 Å². The van der Waals surface area contributed by atoms with Crippen LogP contribution in [0.5, 0.6) is 5.88 Å². The van der Waals surface area contributed by atoms with E-state index in [2.05, 4.69) is 16.9 Å². The Morgan fingerprint density at radius 2 is 2.00 bits per heavy atom. The summed E-state index contributed by atoms with van der Waals surface area (Å²) in [4.78, 5) is 8.14.